The zero-order valence-corrected chi connectivity index (χ0v) is 31.0. The highest BCUT2D eigenvalue weighted by Crippen LogP contribution is 2.46. The molecule has 4 aromatic rings. The van der Waals surface area contributed by atoms with Gasteiger partial charge in [0.1, 0.15) is 5.82 Å². The van der Waals surface area contributed by atoms with Gasteiger partial charge in [0.05, 0.1) is 43.2 Å². The van der Waals surface area contributed by atoms with Crippen LogP contribution >= 0.6 is 0 Å². The molecule has 3 aliphatic rings. The summed E-state index contributed by atoms with van der Waals surface area (Å²) in [7, 11) is -5.71. The first-order valence-corrected chi connectivity index (χ1v) is 19.5. The number of hydrogen-bond acceptors (Lipinski definition) is 6. The third kappa shape index (κ3) is 8.00. The van der Waals surface area contributed by atoms with Crippen LogP contribution in [-0.2, 0) is 32.6 Å². The van der Waals surface area contributed by atoms with Crippen molar-refractivity contribution in [2.24, 2.45) is 0 Å². The van der Waals surface area contributed by atoms with Crippen molar-refractivity contribution in [3.8, 4) is 0 Å². The van der Waals surface area contributed by atoms with Gasteiger partial charge in [-0.05, 0) is 103 Å². The highest BCUT2D eigenvalue weighted by atomic mass is 32.2. The van der Waals surface area contributed by atoms with E-state index in [1.165, 1.54) is 36.1 Å². The Bertz CT molecular complexity index is 2270. The number of morpholine rings is 1. The highest BCUT2D eigenvalue weighted by molar-refractivity contribution is 7.89. The maximum atomic E-state index is 15.2. The number of aryl methyl sites for hydroxylation is 1. The van der Waals surface area contributed by atoms with Crippen LogP contribution in [0.5, 0.6) is 0 Å². The fourth-order valence-corrected chi connectivity index (χ4v) is 8.48. The summed E-state index contributed by atoms with van der Waals surface area (Å²) in [5, 5.41) is 9.90. The lowest BCUT2D eigenvalue weighted by Crippen LogP contribution is -2.44. The van der Waals surface area contributed by atoms with Gasteiger partial charge < -0.3 is 19.6 Å². The fourth-order valence-electron chi connectivity index (χ4n) is 7.00. The van der Waals surface area contributed by atoms with E-state index in [2.05, 4.69) is 6.07 Å². The van der Waals surface area contributed by atoms with Crippen LogP contribution < -0.4 is 9.80 Å². The summed E-state index contributed by atoms with van der Waals surface area (Å²) < 4.78 is 122. The second-order valence-electron chi connectivity index (χ2n) is 14.4. The zero-order valence-electron chi connectivity index (χ0n) is 30.1. The van der Waals surface area contributed by atoms with E-state index >= 15 is 8.78 Å². The molecular weight excluding hydrogens is 765 g/mol. The van der Waals surface area contributed by atoms with Crippen molar-refractivity contribution in [2.75, 3.05) is 42.6 Å². The number of nitrogens with zero attached hydrogens (tertiary/aromatic N) is 3. The van der Waals surface area contributed by atoms with Crippen molar-refractivity contribution in [3.63, 3.8) is 0 Å². The Hall–Kier alpha value is -4.93. The van der Waals surface area contributed by atoms with E-state index in [1.807, 2.05) is 17.0 Å². The van der Waals surface area contributed by atoms with E-state index in [9.17, 15) is 40.7 Å². The Kier molecular flexibility index (Phi) is 10.9. The molecule has 296 valence electrons. The molecule has 0 bridgehead atoms. The number of carboxylic acids is 1. The van der Waals surface area contributed by atoms with Gasteiger partial charge in [-0.25, -0.2) is 39.6 Å². The van der Waals surface area contributed by atoms with Crippen LogP contribution in [0.15, 0.2) is 59.5 Å². The Morgan fingerprint density at radius 3 is 1.93 bits per heavy atom. The lowest BCUT2D eigenvalue weighted by molar-refractivity contribution is -0.119. The van der Waals surface area contributed by atoms with Crippen LogP contribution in [-0.4, -0.2) is 62.6 Å². The Morgan fingerprint density at radius 2 is 1.38 bits per heavy atom. The minimum Gasteiger partial charge on any atom is -0.478 e. The van der Waals surface area contributed by atoms with Crippen LogP contribution in [0.3, 0.4) is 0 Å². The SMILES string of the molecule is Cc1cc(F)ccc1CN(CC(=O)N(Cc1cc(C2CC2)cc(C2CC2)c1)c1ccc(C(=O)O)cc1N1CCOCC1)S(=O)(=O)c1c(F)c(F)c(F)c(F)c1F. The number of halogens is 6. The Labute approximate surface area is 319 Å². The maximum Gasteiger partial charge on any atom is 0.335 e. The third-order valence-electron chi connectivity index (χ3n) is 10.4. The number of carboxylic acid groups (broad SMARTS) is 1. The summed E-state index contributed by atoms with van der Waals surface area (Å²) >= 11 is 0. The summed E-state index contributed by atoms with van der Waals surface area (Å²) in [6, 6.07) is 13.3. The number of anilines is 2. The Balaban J connectivity index is 1.37. The highest BCUT2D eigenvalue weighted by Gasteiger charge is 2.39. The molecule has 0 unspecified atom stereocenters. The van der Waals surface area contributed by atoms with Crippen molar-refractivity contribution in [1.82, 2.24) is 4.31 Å². The number of hydrogen-bond donors (Lipinski definition) is 1. The van der Waals surface area contributed by atoms with E-state index < -0.39 is 74.8 Å². The first kappa shape index (κ1) is 39.3. The molecule has 1 aliphatic heterocycles. The third-order valence-corrected chi connectivity index (χ3v) is 12.2. The normalized spacial score (nSPS) is 16.0. The van der Waals surface area contributed by atoms with E-state index in [0.717, 1.165) is 48.9 Å². The fraction of sp³-hybridized carbons (Fsp3) is 0.350. The van der Waals surface area contributed by atoms with Gasteiger partial charge in [-0.15, -0.1) is 0 Å². The predicted molar refractivity (Wildman–Crippen MR) is 193 cm³/mol. The van der Waals surface area contributed by atoms with E-state index in [0.29, 0.717) is 36.2 Å². The molecule has 1 heterocycles. The summed E-state index contributed by atoms with van der Waals surface area (Å²) in [5.74, 6) is -15.0. The van der Waals surface area contributed by atoms with Gasteiger partial charge in [-0.3, -0.25) is 4.79 Å². The molecule has 0 atom stereocenters. The molecule has 16 heteroatoms. The molecule has 9 nitrogen and oxygen atoms in total. The van der Waals surface area contributed by atoms with E-state index in [4.69, 9.17) is 4.74 Å². The number of sulfonamides is 1. The average Bonchev–Trinajstić information content (AvgIpc) is 4.10. The molecule has 0 spiro atoms. The van der Waals surface area contributed by atoms with Gasteiger partial charge in [-0.2, -0.15) is 4.31 Å². The molecule has 4 aromatic carbocycles. The molecule has 2 saturated carbocycles. The number of benzene rings is 4. The van der Waals surface area contributed by atoms with Gasteiger partial charge in [0.2, 0.25) is 21.7 Å². The van der Waals surface area contributed by atoms with Gasteiger partial charge in [0.25, 0.3) is 0 Å². The van der Waals surface area contributed by atoms with Gasteiger partial charge in [0.15, 0.2) is 28.2 Å². The molecule has 0 aromatic heterocycles. The van der Waals surface area contributed by atoms with Crippen LogP contribution in [0.25, 0.3) is 0 Å². The predicted octanol–water partition coefficient (Wildman–Crippen LogP) is 7.54. The number of carbonyl (C=O) groups is 2. The number of rotatable bonds is 13. The van der Waals surface area contributed by atoms with Gasteiger partial charge in [-0.1, -0.05) is 24.3 Å². The molecule has 0 radical (unpaired) electrons. The average molecular weight is 802 g/mol. The minimum atomic E-state index is -5.71. The second-order valence-corrected chi connectivity index (χ2v) is 16.3. The van der Waals surface area contributed by atoms with Crippen molar-refractivity contribution in [3.05, 3.63) is 123 Å². The number of ether oxygens (including phenoxy) is 1. The molecule has 56 heavy (non-hydrogen) atoms. The number of aromatic carboxylic acids is 1. The summed E-state index contributed by atoms with van der Waals surface area (Å²) in [6.07, 6.45) is 3.95. The molecule has 2 aliphatic carbocycles. The molecule has 3 fully saturated rings. The zero-order chi connectivity index (χ0) is 40.1. The van der Waals surface area contributed by atoms with E-state index in [1.54, 1.807) is 0 Å². The van der Waals surface area contributed by atoms with Crippen LogP contribution in [0.1, 0.15) is 75.7 Å². The Morgan fingerprint density at radius 1 is 0.786 bits per heavy atom. The standard InChI is InChI=1S/C40H37F6N3O6S/c1-22-14-30(41)8-6-27(22)20-48(56(53,54)39-37(45)35(43)34(42)36(44)38(39)46)21-33(50)49(19-23-15-28(24-2-3-24)17-29(16-23)25-4-5-25)31-9-7-26(40(51)52)18-32(31)47-10-12-55-13-11-47/h6-9,14-18,24-25H,2-5,10-13,19-21H2,1H3,(H,51,52). The van der Waals surface area contributed by atoms with Crippen LogP contribution in [0, 0.1) is 41.8 Å². The summed E-state index contributed by atoms with van der Waals surface area (Å²) in [5.41, 5.74) is 3.48. The lowest BCUT2D eigenvalue weighted by Gasteiger charge is -2.35. The molecule has 7 rings (SSSR count). The van der Waals surface area contributed by atoms with E-state index in [-0.39, 0.29) is 46.4 Å². The van der Waals surface area contributed by atoms with Crippen LogP contribution in [0.4, 0.5) is 37.7 Å². The first-order valence-electron chi connectivity index (χ1n) is 18.0. The van der Waals surface area contributed by atoms with Gasteiger partial charge >= 0.3 is 5.97 Å². The molecular formula is C40H37F6N3O6S. The summed E-state index contributed by atoms with van der Waals surface area (Å²) in [6.45, 7) is 0.434. The number of carbonyl (C=O) groups excluding carboxylic acids is 1. The van der Waals surface area contributed by atoms with Crippen LogP contribution in [0.2, 0.25) is 0 Å². The topological polar surface area (TPSA) is 107 Å². The van der Waals surface area contributed by atoms with Gasteiger partial charge in [0, 0.05) is 19.6 Å². The molecule has 1 amide bonds. The molecule has 1 N–H and O–H groups in total. The van der Waals surface area contributed by atoms with Crippen molar-refractivity contribution < 1.29 is 54.2 Å². The van der Waals surface area contributed by atoms with Crippen molar-refractivity contribution in [2.45, 2.75) is 62.4 Å². The quantitative estimate of drug-likeness (QED) is 0.0846. The minimum absolute atomic E-state index is 0.0734. The van der Waals surface area contributed by atoms with Crippen molar-refractivity contribution >= 4 is 33.3 Å². The largest absolute Gasteiger partial charge is 0.478 e. The maximum absolute atomic E-state index is 15.2. The van der Waals surface area contributed by atoms with Crippen molar-refractivity contribution in [1.29, 1.82) is 0 Å². The summed E-state index contributed by atoms with van der Waals surface area (Å²) in [4.78, 5) is 27.9. The number of amides is 1. The monoisotopic (exact) mass is 801 g/mol. The second kappa shape index (κ2) is 15.5. The molecule has 1 saturated heterocycles. The smallest absolute Gasteiger partial charge is 0.335 e. The first-order chi connectivity index (χ1) is 26.6. The lowest BCUT2D eigenvalue weighted by atomic mass is 9.99.